The predicted octanol–water partition coefficient (Wildman–Crippen LogP) is 2.18. The number of carbonyl (C=O) groups is 1. The number of nitrogens with zero attached hydrogens (tertiary/aromatic N) is 4. The van der Waals surface area contributed by atoms with Crippen molar-refractivity contribution >= 4 is 5.91 Å². The highest BCUT2D eigenvalue weighted by molar-refractivity contribution is 5.92. The van der Waals surface area contributed by atoms with Gasteiger partial charge in [0.2, 0.25) is 0 Å². The van der Waals surface area contributed by atoms with Gasteiger partial charge in [0.05, 0.1) is 11.9 Å². The van der Waals surface area contributed by atoms with Crippen LogP contribution in [0.5, 0.6) is 0 Å². The number of halogens is 1. The van der Waals surface area contributed by atoms with Crippen molar-refractivity contribution in [3.8, 4) is 0 Å². The fourth-order valence-corrected chi connectivity index (χ4v) is 2.36. The Morgan fingerprint density at radius 1 is 1.21 bits per heavy atom. The van der Waals surface area contributed by atoms with E-state index in [4.69, 9.17) is 0 Å². The summed E-state index contributed by atoms with van der Waals surface area (Å²) in [5.41, 5.74) is 1.21. The van der Waals surface area contributed by atoms with Gasteiger partial charge in [0.25, 0.3) is 5.91 Å². The average Bonchev–Trinajstić information content (AvgIpc) is 3.00. The van der Waals surface area contributed by atoms with Crippen LogP contribution < -0.4 is 5.32 Å². The molecule has 0 saturated carbocycles. The predicted molar refractivity (Wildman–Crippen MR) is 85.7 cm³/mol. The Balaban J connectivity index is 1.97. The van der Waals surface area contributed by atoms with E-state index < -0.39 is 17.8 Å². The quantitative estimate of drug-likeness (QED) is 0.798. The fraction of sp³-hybridized carbons (Fsp3) is 0.176. The molecule has 0 saturated heterocycles. The summed E-state index contributed by atoms with van der Waals surface area (Å²) in [6.45, 7) is 1.78. The first kappa shape index (κ1) is 15.8. The maximum Gasteiger partial charge on any atom is 0.272 e. The van der Waals surface area contributed by atoms with Crippen molar-refractivity contribution in [1.29, 1.82) is 0 Å². The topological polar surface area (TPSA) is 72.7 Å². The normalized spacial score (nSPS) is 12.0. The molecule has 0 unspecified atom stereocenters. The van der Waals surface area contributed by atoms with Crippen LogP contribution in [-0.2, 0) is 7.05 Å². The Hall–Kier alpha value is -3.09. The molecule has 3 rings (SSSR count). The molecule has 122 valence electrons. The number of rotatable bonds is 4. The Labute approximate surface area is 138 Å². The minimum absolute atomic E-state index is 0.163. The van der Waals surface area contributed by atoms with E-state index in [1.165, 1.54) is 18.5 Å². The van der Waals surface area contributed by atoms with Gasteiger partial charge in [-0.05, 0) is 13.0 Å². The molecule has 6 nitrogen and oxygen atoms in total. The maximum absolute atomic E-state index is 14.3. The SMILES string of the molecule is Cc1cnc(C(=O)N[C@@H](c2ccccc2F)c2nccn2C)cn1. The van der Waals surface area contributed by atoms with Crippen LogP contribution >= 0.6 is 0 Å². The Bertz CT molecular complexity index is 859. The lowest BCUT2D eigenvalue weighted by Gasteiger charge is -2.19. The lowest BCUT2D eigenvalue weighted by atomic mass is 10.1. The first-order valence-electron chi connectivity index (χ1n) is 7.37. The van der Waals surface area contributed by atoms with E-state index in [0.717, 1.165) is 0 Å². The molecule has 1 amide bonds. The minimum Gasteiger partial charge on any atom is -0.336 e. The largest absolute Gasteiger partial charge is 0.336 e. The van der Waals surface area contributed by atoms with E-state index >= 15 is 0 Å². The van der Waals surface area contributed by atoms with Crippen LogP contribution in [0.25, 0.3) is 0 Å². The molecule has 1 aromatic carbocycles. The smallest absolute Gasteiger partial charge is 0.272 e. The molecule has 2 aromatic heterocycles. The third kappa shape index (κ3) is 3.15. The summed E-state index contributed by atoms with van der Waals surface area (Å²) in [5.74, 6) is -0.340. The molecular weight excluding hydrogens is 309 g/mol. The molecule has 0 bridgehead atoms. The molecule has 24 heavy (non-hydrogen) atoms. The molecule has 0 aliphatic heterocycles. The molecule has 0 spiro atoms. The zero-order chi connectivity index (χ0) is 17.1. The molecule has 3 aromatic rings. The molecule has 0 aliphatic carbocycles. The van der Waals surface area contributed by atoms with Gasteiger partial charge in [-0.15, -0.1) is 0 Å². The summed E-state index contributed by atoms with van der Waals surface area (Å²) in [6.07, 6.45) is 6.23. The van der Waals surface area contributed by atoms with Crippen LogP contribution in [0.15, 0.2) is 49.1 Å². The first-order valence-corrected chi connectivity index (χ1v) is 7.37. The Kier molecular flexibility index (Phi) is 4.33. The van der Waals surface area contributed by atoms with E-state index in [2.05, 4.69) is 20.3 Å². The van der Waals surface area contributed by atoms with Crippen molar-refractivity contribution in [2.24, 2.45) is 7.05 Å². The fourth-order valence-electron chi connectivity index (χ4n) is 2.36. The minimum atomic E-state index is -0.734. The van der Waals surface area contributed by atoms with Crippen molar-refractivity contribution in [2.75, 3.05) is 0 Å². The third-order valence-electron chi connectivity index (χ3n) is 3.62. The number of hydrogen-bond donors (Lipinski definition) is 1. The Morgan fingerprint density at radius 3 is 2.62 bits per heavy atom. The van der Waals surface area contributed by atoms with Gasteiger partial charge in [-0.25, -0.2) is 14.4 Å². The average molecular weight is 325 g/mol. The van der Waals surface area contributed by atoms with Crippen molar-refractivity contribution in [1.82, 2.24) is 24.8 Å². The maximum atomic E-state index is 14.3. The molecule has 7 heteroatoms. The number of benzene rings is 1. The van der Waals surface area contributed by atoms with Crippen molar-refractivity contribution in [3.05, 3.63) is 77.6 Å². The third-order valence-corrected chi connectivity index (χ3v) is 3.62. The van der Waals surface area contributed by atoms with Crippen LogP contribution in [0.1, 0.15) is 33.6 Å². The van der Waals surface area contributed by atoms with Crippen molar-refractivity contribution < 1.29 is 9.18 Å². The Morgan fingerprint density at radius 2 is 2.00 bits per heavy atom. The summed E-state index contributed by atoms with van der Waals surface area (Å²) in [6, 6.07) is 5.55. The number of hydrogen-bond acceptors (Lipinski definition) is 4. The van der Waals surface area contributed by atoms with Crippen molar-refractivity contribution in [3.63, 3.8) is 0 Å². The molecule has 2 heterocycles. The van der Waals surface area contributed by atoms with Gasteiger partial charge in [-0.3, -0.25) is 9.78 Å². The van der Waals surface area contributed by atoms with E-state index in [9.17, 15) is 9.18 Å². The van der Waals surface area contributed by atoms with E-state index in [-0.39, 0.29) is 5.69 Å². The number of imidazole rings is 1. The summed E-state index contributed by atoms with van der Waals surface area (Å²) >= 11 is 0. The lowest BCUT2D eigenvalue weighted by Crippen LogP contribution is -2.32. The summed E-state index contributed by atoms with van der Waals surface area (Å²) < 4.78 is 16.0. The van der Waals surface area contributed by atoms with Gasteiger partial charge in [-0.2, -0.15) is 0 Å². The highest BCUT2D eigenvalue weighted by atomic mass is 19.1. The standard InChI is InChI=1S/C17H16FN5O/c1-11-9-21-14(10-20-11)17(24)22-15(16-19-7-8-23(16)2)12-5-3-4-6-13(12)18/h3-10,15H,1-2H3,(H,22,24)/t15-/m0/s1. The van der Waals surface area contributed by atoms with E-state index in [0.29, 0.717) is 17.1 Å². The zero-order valence-electron chi connectivity index (χ0n) is 13.3. The van der Waals surface area contributed by atoms with Gasteiger partial charge in [0.1, 0.15) is 23.4 Å². The molecule has 0 fully saturated rings. The van der Waals surface area contributed by atoms with Gasteiger partial charge < -0.3 is 9.88 Å². The van der Waals surface area contributed by atoms with Gasteiger partial charge in [0.15, 0.2) is 0 Å². The van der Waals surface area contributed by atoms with Crippen molar-refractivity contribution in [2.45, 2.75) is 13.0 Å². The zero-order valence-corrected chi connectivity index (χ0v) is 13.3. The van der Waals surface area contributed by atoms with Gasteiger partial charge >= 0.3 is 0 Å². The monoisotopic (exact) mass is 325 g/mol. The highest BCUT2D eigenvalue weighted by Gasteiger charge is 2.24. The number of aromatic nitrogens is 4. The number of nitrogens with one attached hydrogen (secondary N) is 1. The number of carbonyl (C=O) groups excluding carboxylic acids is 1. The van der Waals surface area contributed by atoms with Crippen LogP contribution in [0.3, 0.4) is 0 Å². The summed E-state index contributed by atoms with van der Waals surface area (Å²) in [7, 11) is 1.79. The van der Waals surface area contributed by atoms with Crippen LogP contribution in [-0.4, -0.2) is 25.4 Å². The van der Waals surface area contributed by atoms with Crippen LogP contribution in [0.4, 0.5) is 4.39 Å². The second-order valence-electron chi connectivity index (χ2n) is 5.37. The highest BCUT2D eigenvalue weighted by Crippen LogP contribution is 2.23. The van der Waals surface area contributed by atoms with Gasteiger partial charge in [-0.1, -0.05) is 18.2 Å². The lowest BCUT2D eigenvalue weighted by molar-refractivity contribution is 0.0935. The molecule has 1 atom stereocenters. The van der Waals surface area contributed by atoms with Crippen LogP contribution in [0, 0.1) is 12.7 Å². The second-order valence-corrected chi connectivity index (χ2v) is 5.37. The van der Waals surface area contributed by atoms with Crippen LogP contribution in [0.2, 0.25) is 0 Å². The molecule has 0 aliphatic rings. The van der Waals surface area contributed by atoms with E-state index in [1.807, 2.05) is 0 Å². The summed E-state index contributed by atoms with van der Waals surface area (Å²) in [4.78, 5) is 24.8. The van der Waals surface area contributed by atoms with Gasteiger partial charge in [0, 0.05) is 31.2 Å². The number of aryl methyl sites for hydroxylation is 2. The summed E-state index contributed by atoms with van der Waals surface area (Å²) in [5, 5.41) is 2.79. The first-order chi connectivity index (χ1) is 11.6. The molecule has 1 N–H and O–H groups in total. The van der Waals surface area contributed by atoms with E-state index in [1.54, 1.807) is 49.1 Å². The second kappa shape index (κ2) is 6.57. The molecule has 0 radical (unpaired) electrons. The number of amides is 1. The molecular formula is C17H16FN5O.